The second kappa shape index (κ2) is 9.85. The molecule has 1 amide bonds. The minimum Gasteiger partial charge on any atom is -0.337 e. The number of hydrogen-bond acceptors (Lipinski definition) is 3. The van der Waals surface area contributed by atoms with E-state index in [0.717, 1.165) is 6.42 Å². The minimum absolute atomic E-state index is 0. The first-order valence-electron chi connectivity index (χ1n) is 7.76. The third-order valence-electron chi connectivity index (χ3n) is 3.74. The molecule has 2 N–H and O–H groups in total. The smallest absolute Gasteiger partial charge is 0.253 e. The van der Waals surface area contributed by atoms with Crippen molar-refractivity contribution >= 4 is 24.1 Å². The number of benzene rings is 2. The SMILES string of the molecule is CC(=O)c1ccc(C(=O)N(CCN)CCc2ccccc2)cc1.Cl. The van der Waals surface area contributed by atoms with Crippen molar-refractivity contribution in [1.29, 1.82) is 0 Å². The van der Waals surface area contributed by atoms with Crippen molar-refractivity contribution in [3.63, 3.8) is 0 Å². The summed E-state index contributed by atoms with van der Waals surface area (Å²) >= 11 is 0. The van der Waals surface area contributed by atoms with Gasteiger partial charge in [0.05, 0.1) is 0 Å². The zero-order valence-electron chi connectivity index (χ0n) is 13.8. The molecule has 0 saturated carbocycles. The number of nitrogens with two attached hydrogens (primary N) is 1. The van der Waals surface area contributed by atoms with Gasteiger partial charge in [-0.1, -0.05) is 42.5 Å². The summed E-state index contributed by atoms with van der Waals surface area (Å²) in [6, 6.07) is 16.8. The molecule has 2 aromatic carbocycles. The van der Waals surface area contributed by atoms with Crippen LogP contribution in [0.15, 0.2) is 54.6 Å². The second-order valence-corrected chi connectivity index (χ2v) is 5.45. The highest BCUT2D eigenvalue weighted by Gasteiger charge is 2.15. The molecule has 2 rings (SSSR count). The normalized spacial score (nSPS) is 9.92. The lowest BCUT2D eigenvalue weighted by Crippen LogP contribution is -2.36. The Kier molecular flexibility index (Phi) is 8.16. The highest BCUT2D eigenvalue weighted by atomic mass is 35.5. The lowest BCUT2D eigenvalue weighted by atomic mass is 10.1. The summed E-state index contributed by atoms with van der Waals surface area (Å²) < 4.78 is 0. The van der Waals surface area contributed by atoms with E-state index in [4.69, 9.17) is 5.73 Å². The molecule has 2 aromatic rings. The van der Waals surface area contributed by atoms with Crippen molar-refractivity contribution in [1.82, 2.24) is 4.90 Å². The van der Waals surface area contributed by atoms with Gasteiger partial charge in [-0.25, -0.2) is 0 Å². The predicted molar refractivity (Wildman–Crippen MR) is 98.8 cm³/mol. The van der Waals surface area contributed by atoms with Gasteiger partial charge in [-0.05, 0) is 31.0 Å². The monoisotopic (exact) mass is 346 g/mol. The molecule has 128 valence electrons. The summed E-state index contributed by atoms with van der Waals surface area (Å²) in [5.41, 5.74) is 8.02. The summed E-state index contributed by atoms with van der Waals surface area (Å²) in [6.07, 6.45) is 0.790. The molecule has 0 atom stereocenters. The van der Waals surface area contributed by atoms with E-state index in [9.17, 15) is 9.59 Å². The van der Waals surface area contributed by atoms with E-state index in [0.29, 0.717) is 30.8 Å². The lowest BCUT2D eigenvalue weighted by Gasteiger charge is -2.22. The maximum atomic E-state index is 12.6. The zero-order valence-corrected chi connectivity index (χ0v) is 14.6. The van der Waals surface area contributed by atoms with Gasteiger partial charge >= 0.3 is 0 Å². The van der Waals surface area contributed by atoms with E-state index in [1.54, 1.807) is 29.2 Å². The minimum atomic E-state index is -0.0542. The topological polar surface area (TPSA) is 63.4 Å². The Morgan fingerprint density at radius 3 is 2.04 bits per heavy atom. The maximum Gasteiger partial charge on any atom is 0.253 e. The average Bonchev–Trinajstić information content (AvgIpc) is 2.59. The Bertz CT molecular complexity index is 657. The molecule has 24 heavy (non-hydrogen) atoms. The molecular weight excluding hydrogens is 324 g/mol. The summed E-state index contributed by atoms with van der Waals surface area (Å²) in [4.78, 5) is 25.7. The molecule has 5 heteroatoms. The number of carbonyl (C=O) groups excluding carboxylic acids is 2. The number of amides is 1. The Hall–Kier alpha value is -2.17. The summed E-state index contributed by atoms with van der Waals surface area (Å²) in [5.74, 6) is -0.0617. The van der Waals surface area contributed by atoms with Crippen LogP contribution in [0.3, 0.4) is 0 Å². The van der Waals surface area contributed by atoms with Crippen LogP contribution < -0.4 is 5.73 Å². The molecule has 0 aliphatic carbocycles. The number of Topliss-reactive ketones (excluding diaryl/α,β-unsaturated/α-hetero) is 1. The van der Waals surface area contributed by atoms with E-state index in [-0.39, 0.29) is 24.1 Å². The zero-order chi connectivity index (χ0) is 16.7. The fourth-order valence-corrected chi connectivity index (χ4v) is 2.41. The number of nitrogens with zero attached hydrogens (tertiary/aromatic N) is 1. The number of hydrogen-bond donors (Lipinski definition) is 1. The van der Waals surface area contributed by atoms with Gasteiger partial charge in [0.1, 0.15) is 0 Å². The molecule has 0 radical (unpaired) electrons. The van der Waals surface area contributed by atoms with Gasteiger partial charge in [0, 0.05) is 30.8 Å². The van der Waals surface area contributed by atoms with Crippen LogP contribution in [-0.4, -0.2) is 36.2 Å². The van der Waals surface area contributed by atoms with Crippen LogP contribution in [0.25, 0.3) is 0 Å². The van der Waals surface area contributed by atoms with Crippen molar-refractivity contribution in [2.75, 3.05) is 19.6 Å². The third-order valence-corrected chi connectivity index (χ3v) is 3.74. The van der Waals surface area contributed by atoms with Crippen LogP contribution in [-0.2, 0) is 6.42 Å². The fraction of sp³-hybridized carbons (Fsp3) is 0.263. The van der Waals surface area contributed by atoms with Crippen LogP contribution in [0.5, 0.6) is 0 Å². The van der Waals surface area contributed by atoms with Crippen molar-refractivity contribution < 1.29 is 9.59 Å². The van der Waals surface area contributed by atoms with Gasteiger partial charge in [0.25, 0.3) is 5.91 Å². The van der Waals surface area contributed by atoms with Crippen molar-refractivity contribution in [2.45, 2.75) is 13.3 Å². The Morgan fingerprint density at radius 1 is 0.917 bits per heavy atom. The number of rotatable bonds is 7. The molecular formula is C19H23ClN2O2. The van der Waals surface area contributed by atoms with Crippen LogP contribution in [0.2, 0.25) is 0 Å². The van der Waals surface area contributed by atoms with Crippen LogP contribution in [0, 0.1) is 0 Å². The molecule has 0 unspecified atom stereocenters. The fourth-order valence-electron chi connectivity index (χ4n) is 2.41. The van der Waals surface area contributed by atoms with Crippen LogP contribution >= 0.6 is 12.4 Å². The molecule has 0 bridgehead atoms. The van der Waals surface area contributed by atoms with E-state index in [1.165, 1.54) is 12.5 Å². The molecule has 0 spiro atoms. The molecule has 0 aliphatic rings. The van der Waals surface area contributed by atoms with E-state index < -0.39 is 0 Å². The Morgan fingerprint density at radius 2 is 1.50 bits per heavy atom. The quantitative estimate of drug-likeness (QED) is 0.784. The van der Waals surface area contributed by atoms with E-state index in [1.807, 2.05) is 30.3 Å². The number of halogens is 1. The highest BCUT2D eigenvalue weighted by Crippen LogP contribution is 2.10. The van der Waals surface area contributed by atoms with Gasteiger partial charge < -0.3 is 10.6 Å². The molecule has 0 saturated heterocycles. The van der Waals surface area contributed by atoms with Crippen LogP contribution in [0.1, 0.15) is 33.2 Å². The summed E-state index contributed by atoms with van der Waals surface area (Å²) in [5, 5.41) is 0. The first kappa shape index (κ1) is 19.9. The Labute approximate surface area is 149 Å². The van der Waals surface area contributed by atoms with E-state index >= 15 is 0 Å². The van der Waals surface area contributed by atoms with Gasteiger partial charge in [0.15, 0.2) is 5.78 Å². The summed E-state index contributed by atoms with van der Waals surface area (Å²) in [6.45, 7) is 3.07. The van der Waals surface area contributed by atoms with Crippen molar-refractivity contribution in [2.24, 2.45) is 5.73 Å². The molecule has 0 aromatic heterocycles. The standard InChI is InChI=1S/C19H22N2O2.ClH/c1-15(22)17-7-9-18(10-8-17)19(23)21(14-12-20)13-11-16-5-3-2-4-6-16;/h2-10H,11-14,20H2,1H3;1H. The van der Waals surface area contributed by atoms with E-state index in [2.05, 4.69) is 0 Å². The first-order valence-corrected chi connectivity index (χ1v) is 7.76. The van der Waals surface area contributed by atoms with Crippen LogP contribution in [0.4, 0.5) is 0 Å². The lowest BCUT2D eigenvalue weighted by molar-refractivity contribution is 0.0761. The molecule has 0 fully saturated rings. The highest BCUT2D eigenvalue weighted by molar-refractivity contribution is 5.97. The largest absolute Gasteiger partial charge is 0.337 e. The predicted octanol–water partition coefficient (Wildman–Crippen LogP) is 2.95. The number of ketones is 1. The second-order valence-electron chi connectivity index (χ2n) is 5.45. The van der Waals surface area contributed by atoms with Gasteiger partial charge in [0.2, 0.25) is 0 Å². The molecule has 4 nitrogen and oxygen atoms in total. The van der Waals surface area contributed by atoms with Crippen molar-refractivity contribution in [3.8, 4) is 0 Å². The van der Waals surface area contributed by atoms with Gasteiger partial charge in [-0.15, -0.1) is 12.4 Å². The third kappa shape index (κ3) is 5.48. The van der Waals surface area contributed by atoms with Gasteiger partial charge in [-0.2, -0.15) is 0 Å². The average molecular weight is 347 g/mol. The first-order chi connectivity index (χ1) is 11.1. The van der Waals surface area contributed by atoms with Crippen molar-refractivity contribution in [3.05, 3.63) is 71.3 Å². The Balaban J connectivity index is 0.00000288. The summed E-state index contributed by atoms with van der Waals surface area (Å²) in [7, 11) is 0. The number of carbonyl (C=O) groups is 2. The molecule has 0 aliphatic heterocycles. The maximum absolute atomic E-state index is 12.6. The van der Waals surface area contributed by atoms with Gasteiger partial charge in [-0.3, -0.25) is 9.59 Å². The molecule has 0 heterocycles.